The largest absolute Gasteiger partial charge is 0.465 e. The van der Waals surface area contributed by atoms with E-state index >= 15 is 0 Å². The minimum Gasteiger partial charge on any atom is -0.465 e. The van der Waals surface area contributed by atoms with Crippen LogP contribution in [0.1, 0.15) is 41.5 Å². The molecule has 0 aliphatic rings. The van der Waals surface area contributed by atoms with E-state index in [9.17, 15) is 9.59 Å². The molecule has 0 bridgehead atoms. The van der Waals surface area contributed by atoms with Crippen molar-refractivity contribution in [1.82, 2.24) is 0 Å². The van der Waals surface area contributed by atoms with Crippen LogP contribution in [0.4, 0.5) is 0 Å². The summed E-state index contributed by atoms with van der Waals surface area (Å²) in [7, 11) is 0. The summed E-state index contributed by atoms with van der Waals surface area (Å²) in [5.74, 6) is -1.94. The maximum absolute atomic E-state index is 12.0. The van der Waals surface area contributed by atoms with Crippen LogP contribution in [0.3, 0.4) is 0 Å². The standard InChI is InChI=1S/C14H25ClO4/c1-9(2)7-18-12(16)11(14(5,6)15)13(17)19-8-10(3)4/h9-11H,7-8H2,1-6H3. The first-order valence-corrected chi connectivity index (χ1v) is 6.95. The molecule has 0 saturated heterocycles. The number of carbonyl (C=O) groups is 2. The molecule has 0 atom stereocenters. The van der Waals surface area contributed by atoms with Crippen molar-refractivity contribution in [2.24, 2.45) is 17.8 Å². The van der Waals surface area contributed by atoms with Crippen LogP contribution >= 0.6 is 11.6 Å². The molecule has 0 heterocycles. The van der Waals surface area contributed by atoms with E-state index in [1.54, 1.807) is 13.8 Å². The highest BCUT2D eigenvalue weighted by atomic mass is 35.5. The molecule has 0 spiro atoms. The summed E-state index contributed by atoms with van der Waals surface area (Å²) in [5, 5.41) is 0. The Bertz CT molecular complexity index is 281. The smallest absolute Gasteiger partial charge is 0.322 e. The molecule has 0 aliphatic heterocycles. The van der Waals surface area contributed by atoms with E-state index in [-0.39, 0.29) is 25.0 Å². The van der Waals surface area contributed by atoms with Gasteiger partial charge in [0.1, 0.15) is 0 Å². The van der Waals surface area contributed by atoms with Crippen LogP contribution in [0.5, 0.6) is 0 Å². The summed E-state index contributed by atoms with van der Waals surface area (Å²) in [6.07, 6.45) is 0. The van der Waals surface area contributed by atoms with Crippen LogP contribution in [0.15, 0.2) is 0 Å². The van der Waals surface area contributed by atoms with Gasteiger partial charge in [-0.2, -0.15) is 0 Å². The van der Waals surface area contributed by atoms with Crippen molar-refractivity contribution >= 4 is 23.5 Å². The second-order valence-corrected chi connectivity index (χ2v) is 7.02. The summed E-state index contributed by atoms with van der Waals surface area (Å²) in [6.45, 7) is 11.4. The van der Waals surface area contributed by atoms with Gasteiger partial charge in [0.25, 0.3) is 0 Å². The third-order valence-corrected chi connectivity index (χ3v) is 2.49. The predicted octanol–water partition coefficient (Wildman–Crippen LogP) is 3.02. The van der Waals surface area contributed by atoms with Crippen LogP contribution < -0.4 is 0 Å². The van der Waals surface area contributed by atoms with Crippen molar-refractivity contribution in [2.75, 3.05) is 13.2 Å². The zero-order valence-corrected chi connectivity index (χ0v) is 13.4. The maximum atomic E-state index is 12.0. The summed E-state index contributed by atoms with van der Waals surface area (Å²) in [4.78, 5) is 22.9. The number of alkyl halides is 1. The molecule has 0 aromatic carbocycles. The van der Waals surface area contributed by atoms with Crippen molar-refractivity contribution in [3.8, 4) is 0 Å². The summed E-state index contributed by atoms with van der Waals surface area (Å²) < 4.78 is 10.2. The molecule has 0 saturated carbocycles. The molecular weight excluding hydrogens is 268 g/mol. The van der Waals surface area contributed by atoms with Gasteiger partial charge < -0.3 is 9.47 Å². The lowest BCUT2D eigenvalue weighted by Gasteiger charge is -2.25. The van der Waals surface area contributed by atoms with E-state index in [4.69, 9.17) is 21.1 Å². The monoisotopic (exact) mass is 292 g/mol. The van der Waals surface area contributed by atoms with Crippen molar-refractivity contribution in [1.29, 1.82) is 0 Å². The quantitative estimate of drug-likeness (QED) is 0.411. The van der Waals surface area contributed by atoms with Crippen LogP contribution in [-0.4, -0.2) is 30.0 Å². The van der Waals surface area contributed by atoms with E-state index in [0.29, 0.717) is 0 Å². The fourth-order valence-corrected chi connectivity index (χ4v) is 1.50. The first kappa shape index (κ1) is 18.2. The highest BCUT2D eigenvalue weighted by molar-refractivity contribution is 6.27. The summed E-state index contributed by atoms with van der Waals surface area (Å²) >= 11 is 6.12. The van der Waals surface area contributed by atoms with E-state index in [1.165, 1.54) is 0 Å². The number of rotatable bonds is 7. The first-order valence-electron chi connectivity index (χ1n) is 6.57. The van der Waals surface area contributed by atoms with Gasteiger partial charge in [0, 0.05) is 0 Å². The van der Waals surface area contributed by atoms with Crippen molar-refractivity contribution in [2.45, 2.75) is 46.4 Å². The number of esters is 2. The number of hydrogen-bond donors (Lipinski definition) is 0. The van der Waals surface area contributed by atoms with E-state index < -0.39 is 22.7 Å². The minimum absolute atomic E-state index is 0.203. The molecule has 0 amide bonds. The molecule has 0 radical (unpaired) electrons. The highest BCUT2D eigenvalue weighted by Crippen LogP contribution is 2.27. The SMILES string of the molecule is CC(C)COC(=O)C(C(=O)OCC(C)C)C(C)(C)Cl. The van der Waals surface area contributed by atoms with Crippen molar-refractivity contribution in [3.05, 3.63) is 0 Å². The van der Waals surface area contributed by atoms with Gasteiger partial charge in [0.15, 0.2) is 5.92 Å². The van der Waals surface area contributed by atoms with Crippen molar-refractivity contribution in [3.63, 3.8) is 0 Å². The van der Waals surface area contributed by atoms with Gasteiger partial charge >= 0.3 is 11.9 Å². The molecule has 0 rings (SSSR count). The number of carbonyl (C=O) groups excluding carboxylic acids is 2. The lowest BCUT2D eigenvalue weighted by atomic mass is 9.95. The topological polar surface area (TPSA) is 52.6 Å². The number of halogens is 1. The lowest BCUT2D eigenvalue weighted by molar-refractivity contribution is -0.164. The molecule has 19 heavy (non-hydrogen) atoms. The zero-order chi connectivity index (χ0) is 15.2. The molecule has 0 aromatic rings. The average molecular weight is 293 g/mol. The Kier molecular flexibility index (Phi) is 7.42. The van der Waals surface area contributed by atoms with Crippen LogP contribution in [-0.2, 0) is 19.1 Å². The zero-order valence-electron chi connectivity index (χ0n) is 12.7. The minimum atomic E-state index is -1.10. The Morgan fingerprint density at radius 2 is 1.26 bits per heavy atom. The molecule has 0 aromatic heterocycles. The Balaban J connectivity index is 4.72. The predicted molar refractivity (Wildman–Crippen MR) is 75.0 cm³/mol. The Morgan fingerprint density at radius 1 is 0.947 bits per heavy atom. The fourth-order valence-electron chi connectivity index (χ4n) is 1.32. The molecule has 4 nitrogen and oxygen atoms in total. The van der Waals surface area contributed by atoms with Gasteiger partial charge in [-0.25, -0.2) is 0 Å². The van der Waals surface area contributed by atoms with Crippen LogP contribution in [0.2, 0.25) is 0 Å². The normalized spacial score (nSPS) is 12.1. The van der Waals surface area contributed by atoms with E-state index in [2.05, 4.69) is 0 Å². The molecule has 0 aliphatic carbocycles. The van der Waals surface area contributed by atoms with Gasteiger partial charge in [-0.1, -0.05) is 27.7 Å². The van der Waals surface area contributed by atoms with Gasteiger partial charge in [-0.05, 0) is 25.7 Å². The average Bonchev–Trinajstić information content (AvgIpc) is 2.21. The van der Waals surface area contributed by atoms with Gasteiger partial charge in [0.2, 0.25) is 0 Å². The summed E-state index contributed by atoms with van der Waals surface area (Å²) in [5.41, 5.74) is 0. The van der Waals surface area contributed by atoms with Crippen LogP contribution in [0.25, 0.3) is 0 Å². The van der Waals surface area contributed by atoms with Gasteiger partial charge in [-0.15, -0.1) is 11.6 Å². The Labute approximate surface area is 120 Å². The van der Waals surface area contributed by atoms with Gasteiger partial charge in [0.05, 0.1) is 18.1 Å². The number of ether oxygens (including phenoxy) is 2. The van der Waals surface area contributed by atoms with Crippen LogP contribution in [0, 0.1) is 17.8 Å². The Hall–Kier alpha value is -0.770. The Morgan fingerprint density at radius 3 is 1.47 bits per heavy atom. The van der Waals surface area contributed by atoms with Gasteiger partial charge in [-0.3, -0.25) is 9.59 Å². The lowest BCUT2D eigenvalue weighted by Crippen LogP contribution is -2.41. The maximum Gasteiger partial charge on any atom is 0.322 e. The second kappa shape index (κ2) is 7.73. The molecular formula is C14H25ClO4. The first-order chi connectivity index (χ1) is 8.55. The molecule has 0 unspecified atom stereocenters. The number of hydrogen-bond acceptors (Lipinski definition) is 4. The highest BCUT2D eigenvalue weighted by Gasteiger charge is 2.42. The fraction of sp³-hybridized carbons (Fsp3) is 0.857. The molecule has 0 N–H and O–H groups in total. The third-order valence-electron chi connectivity index (χ3n) is 2.28. The summed E-state index contributed by atoms with van der Waals surface area (Å²) in [6, 6.07) is 0. The van der Waals surface area contributed by atoms with E-state index in [0.717, 1.165) is 0 Å². The second-order valence-electron chi connectivity index (χ2n) is 6.05. The molecule has 5 heteroatoms. The van der Waals surface area contributed by atoms with Crippen molar-refractivity contribution < 1.29 is 19.1 Å². The molecule has 0 fully saturated rings. The van der Waals surface area contributed by atoms with E-state index in [1.807, 2.05) is 27.7 Å². The molecule has 112 valence electrons. The third kappa shape index (κ3) is 7.41.